The molecule has 0 bridgehead atoms. The third-order valence-corrected chi connectivity index (χ3v) is 9.42. The fourth-order valence-electron chi connectivity index (χ4n) is 6.29. The molecule has 2 nitrogen and oxygen atoms in total. The lowest BCUT2D eigenvalue weighted by molar-refractivity contribution is 0.658. The summed E-state index contributed by atoms with van der Waals surface area (Å²) < 4.78 is 2.65. The smallest absolute Gasteiger partial charge is 0.160 e. The number of thiophene rings is 1. The normalized spacial score (nSPS) is 13.4. The Hall–Kier alpha value is -4.60. The maximum atomic E-state index is 5.27. The number of fused-ring (bicyclic) bond motifs is 6. The molecule has 2 heterocycles. The average molecular weight is 531 g/mol. The molecule has 5 aromatic carbocycles. The molecule has 1 aliphatic rings. The Morgan fingerprint density at radius 3 is 2.10 bits per heavy atom. The summed E-state index contributed by atoms with van der Waals surface area (Å²) in [4.78, 5) is 10.4. The summed E-state index contributed by atoms with van der Waals surface area (Å²) in [5, 5.41) is 2.63. The van der Waals surface area contributed by atoms with Crippen molar-refractivity contribution in [3.63, 3.8) is 0 Å². The molecule has 0 radical (unpaired) electrons. The molecule has 0 N–H and O–H groups in total. The summed E-state index contributed by atoms with van der Waals surface area (Å²) >= 11 is 1.86. The van der Waals surface area contributed by atoms with Crippen molar-refractivity contribution in [2.75, 3.05) is 0 Å². The van der Waals surface area contributed by atoms with Crippen molar-refractivity contribution in [1.82, 2.24) is 9.97 Å². The third kappa shape index (κ3) is 3.48. The van der Waals surface area contributed by atoms with Crippen molar-refractivity contribution >= 4 is 31.5 Å². The Bertz CT molecular complexity index is 2090. The molecule has 8 rings (SSSR count). The number of hydrogen-bond acceptors (Lipinski definition) is 3. The van der Waals surface area contributed by atoms with Crippen molar-refractivity contribution in [3.8, 4) is 45.0 Å². The van der Waals surface area contributed by atoms with E-state index < -0.39 is 0 Å². The quantitative estimate of drug-likeness (QED) is 0.227. The Morgan fingerprint density at radius 2 is 1.20 bits per heavy atom. The van der Waals surface area contributed by atoms with Crippen molar-refractivity contribution in [2.45, 2.75) is 19.3 Å². The van der Waals surface area contributed by atoms with Crippen LogP contribution in [0.1, 0.15) is 25.0 Å². The van der Waals surface area contributed by atoms with Crippen LogP contribution in [0.25, 0.3) is 65.2 Å². The zero-order valence-electron chi connectivity index (χ0n) is 22.3. The molecule has 0 spiro atoms. The first-order valence-electron chi connectivity index (χ1n) is 13.7. The Morgan fingerprint density at radius 1 is 0.525 bits per heavy atom. The standard InChI is InChI=1S/C37H26N2S/c1-37(2)30-17-8-6-16-28(30)35-33(37)34(38-36(39-35)23-11-4-3-5-12-23)26-14-10-13-24(21-26)25-19-20-32-29(22-25)27-15-7-9-18-31(27)40-32/h3-22H,1-2H3. The van der Waals surface area contributed by atoms with Gasteiger partial charge >= 0.3 is 0 Å². The minimum absolute atomic E-state index is 0.207. The van der Waals surface area contributed by atoms with E-state index in [0.717, 1.165) is 28.3 Å². The highest BCUT2D eigenvalue weighted by Crippen LogP contribution is 2.51. The van der Waals surface area contributed by atoms with Crippen molar-refractivity contribution in [1.29, 1.82) is 0 Å². The third-order valence-electron chi connectivity index (χ3n) is 8.27. The molecule has 40 heavy (non-hydrogen) atoms. The summed E-state index contributed by atoms with van der Waals surface area (Å²) in [6.07, 6.45) is 0. The molecule has 0 amide bonds. The molecule has 1 aliphatic carbocycles. The van der Waals surface area contributed by atoms with E-state index >= 15 is 0 Å². The van der Waals surface area contributed by atoms with E-state index in [-0.39, 0.29) is 5.41 Å². The van der Waals surface area contributed by atoms with Crippen molar-refractivity contribution < 1.29 is 0 Å². The lowest BCUT2D eigenvalue weighted by Crippen LogP contribution is -2.17. The summed E-state index contributed by atoms with van der Waals surface area (Å²) in [7, 11) is 0. The van der Waals surface area contributed by atoms with E-state index in [2.05, 4.69) is 117 Å². The first-order valence-corrected chi connectivity index (χ1v) is 14.5. The van der Waals surface area contributed by atoms with Crippen LogP contribution in [0.3, 0.4) is 0 Å². The SMILES string of the molecule is CC1(C)c2ccccc2-c2nc(-c3ccccc3)nc(-c3cccc(-c4ccc5sc6ccccc6c5c4)c3)c21. The Balaban J connectivity index is 1.35. The summed E-state index contributed by atoms with van der Waals surface area (Å²) in [5.74, 6) is 0.762. The van der Waals surface area contributed by atoms with E-state index in [0.29, 0.717) is 0 Å². The highest BCUT2D eigenvalue weighted by molar-refractivity contribution is 7.25. The minimum Gasteiger partial charge on any atom is -0.228 e. The van der Waals surface area contributed by atoms with Crippen LogP contribution in [0.2, 0.25) is 0 Å². The van der Waals surface area contributed by atoms with Crippen LogP contribution >= 0.6 is 11.3 Å². The molecule has 7 aromatic rings. The van der Waals surface area contributed by atoms with Gasteiger partial charge in [-0.3, -0.25) is 0 Å². The second-order valence-corrected chi connectivity index (χ2v) is 12.1. The summed E-state index contributed by atoms with van der Waals surface area (Å²) in [6.45, 7) is 4.60. The molecule has 0 saturated carbocycles. The highest BCUT2D eigenvalue weighted by atomic mass is 32.1. The van der Waals surface area contributed by atoms with Crippen LogP contribution in [-0.4, -0.2) is 9.97 Å². The van der Waals surface area contributed by atoms with Gasteiger partial charge in [-0.15, -0.1) is 11.3 Å². The monoisotopic (exact) mass is 530 g/mol. The van der Waals surface area contributed by atoms with E-state index in [9.17, 15) is 0 Å². The van der Waals surface area contributed by atoms with Gasteiger partial charge in [0.05, 0.1) is 11.4 Å². The zero-order chi connectivity index (χ0) is 26.8. The number of rotatable bonds is 3. The Kier molecular flexibility index (Phi) is 5.07. The van der Waals surface area contributed by atoms with Gasteiger partial charge in [0.15, 0.2) is 5.82 Å². The topological polar surface area (TPSA) is 25.8 Å². The highest BCUT2D eigenvalue weighted by Gasteiger charge is 2.39. The van der Waals surface area contributed by atoms with Gasteiger partial charge in [-0.1, -0.05) is 111 Å². The molecule has 0 saturated heterocycles. The van der Waals surface area contributed by atoms with Crippen LogP contribution in [0.15, 0.2) is 121 Å². The van der Waals surface area contributed by atoms with E-state index in [4.69, 9.17) is 9.97 Å². The van der Waals surface area contributed by atoms with E-state index in [1.165, 1.54) is 48.0 Å². The van der Waals surface area contributed by atoms with Crippen molar-refractivity contribution in [3.05, 3.63) is 132 Å². The average Bonchev–Trinajstić information content (AvgIpc) is 3.49. The number of aromatic nitrogens is 2. The second kappa shape index (κ2) is 8.70. The van der Waals surface area contributed by atoms with Crippen LogP contribution in [-0.2, 0) is 5.41 Å². The molecule has 190 valence electrons. The molecule has 0 fully saturated rings. The summed E-state index contributed by atoms with van der Waals surface area (Å²) in [6, 6.07) is 43.4. The van der Waals surface area contributed by atoms with Gasteiger partial charge < -0.3 is 0 Å². The maximum absolute atomic E-state index is 5.27. The minimum atomic E-state index is -0.207. The molecular weight excluding hydrogens is 504 g/mol. The fourth-order valence-corrected chi connectivity index (χ4v) is 7.38. The Labute approximate surface area is 237 Å². The first-order chi connectivity index (χ1) is 19.6. The summed E-state index contributed by atoms with van der Waals surface area (Å²) in [5.41, 5.74) is 10.1. The van der Waals surface area contributed by atoms with Crippen molar-refractivity contribution in [2.24, 2.45) is 0 Å². The van der Waals surface area contributed by atoms with E-state index in [1.807, 2.05) is 29.5 Å². The predicted molar refractivity (Wildman–Crippen MR) is 169 cm³/mol. The second-order valence-electron chi connectivity index (χ2n) is 11.0. The maximum Gasteiger partial charge on any atom is 0.160 e. The lowest BCUT2D eigenvalue weighted by Gasteiger charge is -2.24. The van der Waals surface area contributed by atoms with E-state index in [1.54, 1.807) is 0 Å². The molecular formula is C37H26N2S. The first kappa shape index (κ1) is 23.3. The molecule has 3 heteroatoms. The predicted octanol–water partition coefficient (Wildman–Crippen LogP) is 10.2. The van der Waals surface area contributed by atoms with Crippen LogP contribution in [0.4, 0.5) is 0 Å². The van der Waals surface area contributed by atoms with Gasteiger partial charge in [0, 0.05) is 47.8 Å². The molecule has 0 aliphatic heterocycles. The van der Waals surface area contributed by atoms with Gasteiger partial charge in [-0.05, 0) is 41.0 Å². The number of nitrogens with zero attached hydrogens (tertiary/aromatic N) is 2. The van der Waals surface area contributed by atoms with Crippen LogP contribution < -0.4 is 0 Å². The van der Waals surface area contributed by atoms with Gasteiger partial charge in [0.25, 0.3) is 0 Å². The van der Waals surface area contributed by atoms with Gasteiger partial charge in [0.1, 0.15) is 0 Å². The largest absolute Gasteiger partial charge is 0.228 e. The van der Waals surface area contributed by atoms with Crippen LogP contribution in [0, 0.1) is 0 Å². The molecule has 2 aromatic heterocycles. The van der Waals surface area contributed by atoms with Gasteiger partial charge in [-0.25, -0.2) is 9.97 Å². The molecule has 0 atom stereocenters. The van der Waals surface area contributed by atoms with Crippen LogP contribution in [0.5, 0.6) is 0 Å². The van der Waals surface area contributed by atoms with Gasteiger partial charge in [-0.2, -0.15) is 0 Å². The fraction of sp³-hybridized carbons (Fsp3) is 0.0811. The van der Waals surface area contributed by atoms with Gasteiger partial charge in [0.2, 0.25) is 0 Å². The zero-order valence-corrected chi connectivity index (χ0v) is 23.2. The number of benzene rings is 5. The number of hydrogen-bond donors (Lipinski definition) is 0. The lowest BCUT2D eigenvalue weighted by atomic mass is 9.80. The molecule has 0 unspecified atom stereocenters.